The number of esters is 1. The van der Waals surface area contributed by atoms with Gasteiger partial charge in [0.15, 0.2) is 0 Å². The molecule has 2 aliphatic carbocycles. The van der Waals surface area contributed by atoms with E-state index in [4.69, 9.17) is 32.7 Å². The highest BCUT2D eigenvalue weighted by molar-refractivity contribution is 6.42. The summed E-state index contributed by atoms with van der Waals surface area (Å²) in [7, 11) is 0. The van der Waals surface area contributed by atoms with Crippen LogP contribution in [0, 0.1) is 23.2 Å². The lowest BCUT2D eigenvalue weighted by atomic mass is 9.53. The number of fused-ring (bicyclic) bond motifs is 3. The number of rotatable bonds is 3. The molecular weight excluding hydrogens is 447 g/mol. The van der Waals surface area contributed by atoms with E-state index >= 15 is 0 Å². The molecule has 0 N–H and O–H groups in total. The molecule has 1 aromatic carbocycles. The van der Waals surface area contributed by atoms with Crippen molar-refractivity contribution in [2.24, 2.45) is 23.2 Å². The van der Waals surface area contributed by atoms with Crippen LogP contribution in [0.2, 0.25) is 10.0 Å². The van der Waals surface area contributed by atoms with Crippen molar-refractivity contribution in [3.63, 3.8) is 0 Å². The Balaban J connectivity index is 1.11. The average Bonchev–Trinajstić information content (AvgIpc) is 3.47. The maximum Gasteiger partial charge on any atom is 0.310 e. The van der Waals surface area contributed by atoms with Crippen LogP contribution in [-0.2, 0) is 14.3 Å². The van der Waals surface area contributed by atoms with Gasteiger partial charge in [0.2, 0.25) is 0 Å². The number of carbonyl (C=O) groups excluding carboxylic acids is 1. The minimum Gasteiger partial charge on any atom is -0.462 e. The first-order chi connectivity index (χ1) is 15.4. The molecule has 0 bridgehead atoms. The number of hydrogen-bond donors (Lipinski definition) is 0. The maximum absolute atomic E-state index is 12.9. The number of ether oxygens (including phenoxy) is 2. The van der Waals surface area contributed by atoms with E-state index in [-0.39, 0.29) is 29.0 Å². The van der Waals surface area contributed by atoms with Gasteiger partial charge in [-0.15, -0.1) is 0 Å². The highest BCUT2D eigenvalue weighted by atomic mass is 35.5. The van der Waals surface area contributed by atoms with E-state index in [1.807, 2.05) is 18.2 Å². The highest BCUT2D eigenvalue weighted by Gasteiger charge is 2.65. The van der Waals surface area contributed by atoms with Crippen LogP contribution in [0.5, 0.6) is 0 Å². The summed E-state index contributed by atoms with van der Waals surface area (Å²) >= 11 is 12.3. The summed E-state index contributed by atoms with van der Waals surface area (Å²) in [6.07, 6.45) is 5.87. The van der Waals surface area contributed by atoms with Gasteiger partial charge in [-0.05, 0) is 61.6 Å². The summed E-state index contributed by atoms with van der Waals surface area (Å²) in [5.41, 5.74) is 1.48. The Morgan fingerprint density at radius 3 is 2.62 bits per heavy atom. The van der Waals surface area contributed by atoms with Crippen LogP contribution in [-0.4, -0.2) is 61.9 Å². The zero-order chi connectivity index (χ0) is 22.1. The zero-order valence-electron chi connectivity index (χ0n) is 18.7. The Morgan fingerprint density at radius 1 is 1.12 bits per heavy atom. The molecule has 7 heteroatoms. The molecule has 6 atom stereocenters. The standard InChI is InChI=1S/C25H32Cl2N2O3/c1-24-5-2-6-25(15-31-25)22(24)12-17-18(23(30)32-21(17)13-24)14-28-7-9-29(10-8-28)16-3-4-19(26)20(27)11-16/h3-4,11,17-18,21-22H,2,5-10,12-15H2,1H3/t17-,18+,21-,22-,24-,25-/m1/s1. The molecule has 3 saturated heterocycles. The van der Waals surface area contributed by atoms with E-state index in [0.29, 0.717) is 21.9 Å². The molecule has 0 aromatic heterocycles. The second-order valence-corrected chi connectivity index (χ2v) is 11.8. The smallest absolute Gasteiger partial charge is 0.310 e. The van der Waals surface area contributed by atoms with Crippen molar-refractivity contribution in [2.75, 3.05) is 44.2 Å². The number of carbonyl (C=O) groups is 1. The monoisotopic (exact) mass is 478 g/mol. The van der Waals surface area contributed by atoms with Crippen LogP contribution in [0.3, 0.4) is 0 Å². The minimum absolute atomic E-state index is 0.00111. The predicted molar refractivity (Wildman–Crippen MR) is 125 cm³/mol. The van der Waals surface area contributed by atoms with Crippen molar-refractivity contribution in [1.29, 1.82) is 0 Å². The number of epoxide rings is 1. The molecule has 3 heterocycles. The van der Waals surface area contributed by atoms with Crippen LogP contribution in [0.1, 0.15) is 39.0 Å². The highest BCUT2D eigenvalue weighted by Crippen LogP contribution is 2.62. The molecule has 5 fully saturated rings. The summed E-state index contributed by atoms with van der Waals surface area (Å²) in [5, 5.41) is 1.18. The van der Waals surface area contributed by atoms with Crippen molar-refractivity contribution in [1.82, 2.24) is 4.90 Å². The van der Waals surface area contributed by atoms with Crippen molar-refractivity contribution < 1.29 is 14.3 Å². The summed E-state index contributed by atoms with van der Waals surface area (Å²) < 4.78 is 12.0. The molecule has 3 aliphatic heterocycles. The number of piperazine rings is 1. The number of benzene rings is 1. The first-order valence-electron chi connectivity index (χ1n) is 12.1. The molecular formula is C25H32Cl2N2O3. The number of anilines is 1. The van der Waals surface area contributed by atoms with Gasteiger partial charge in [0.05, 0.1) is 28.2 Å². The normalized spacial score (nSPS) is 41.3. The molecule has 32 heavy (non-hydrogen) atoms. The molecule has 0 amide bonds. The predicted octanol–water partition coefficient (Wildman–Crippen LogP) is 4.64. The molecule has 174 valence electrons. The Morgan fingerprint density at radius 2 is 1.91 bits per heavy atom. The van der Waals surface area contributed by atoms with E-state index in [9.17, 15) is 4.79 Å². The molecule has 1 aromatic rings. The lowest BCUT2D eigenvalue weighted by Gasteiger charge is -2.51. The lowest BCUT2D eigenvalue weighted by molar-refractivity contribution is -0.147. The fourth-order valence-electron chi connectivity index (χ4n) is 7.31. The SMILES string of the molecule is C[C@]12CCC[C@@]3(CO3)[C@@H]1C[C@@H]1[C@H](CN3CCN(c4ccc(Cl)c(Cl)c4)CC3)C(=O)O[C@@H]1C2. The average molecular weight is 479 g/mol. The van der Waals surface area contributed by atoms with Crippen molar-refractivity contribution >= 4 is 34.9 Å². The number of hydrogen-bond acceptors (Lipinski definition) is 5. The molecule has 1 spiro atoms. The van der Waals surface area contributed by atoms with Crippen LogP contribution in [0.15, 0.2) is 18.2 Å². The van der Waals surface area contributed by atoms with Crippen LogP contribution in [0.4, 0.5) is 5.69 Å². The fourth-order valence-corrected chi connectivity index (χ4v) is 7.61. The Kier molecular flexibility index (Phi) is 5.22. The van der Waals surface area contributed by atoms with Crippen LogP contribution in [0.25, 0.3) is 0 Å². The maximum atomic E-state index is 12.9. The molecule has 5 aliphatic rings. The van der Waals surface area contributed by atoms with Gasteiger partial charge in [0.1, 0.15) is 6.10 Å². The third kappa shape index (κ3) is 3.55. The second-order valence-electron chi connectivity index (χ2n) is 11.0. The van der Waals surface area contributed by atoms with Crippen molar-refractivity contribution in [3.8, 4) is 0 Å². The van der Waals surface area contributed by atoms with Gasteiger partial charge >= 0.3 is 5.97 Å². The van der Waals surface area contributed by atoms with E-state index < -0.39 is 0 Å². The fraction of sp³-hybridized carbons (Fsp3) is 0.720. The molecule has 0 unspecified atom stereocenters. The summed E-state index contributed by atoms with van der Waals surface area (Å²) in [6, 6.07) is 5.83. The summed E-state index contributed by atoms with van der Waals surface area (Å²) in [4.78, 5) is 17.7. The van der Waals surface area contributed by atoms with Gasteiger partial charge in [-0.2, -0.15) is 0 Å². The Bertz CT molecular complexity index is 914. The molecule has 0 radical (unpaired) electrons. The van der Waals surface area contributed by atoms with Crippen molar-refractivity contribution in [3.05, 3.63) is 28.2 Å². The lowest BCUT2D eigenvalue weighted by Crippen LogP contribution is -2.52. The third-order valence-electron chi connectivity index (χ3n) is 9.17. The zero-order valence-corrected chi connectivity index (χ0v) is 20.2. The van der Waals surface area contributed by atoms with Gasteiger partial charge in [0, 0.05) is 44.3 Å². The van der Waals surface area contributed by atoms with Crippen molar-refractivity contribution in [2.45, 2.75) is 50.7 Å². The quantitative estimate of drug-likeness (QED) is 0.467. The van der Waals surface area contributed by atoms with Gasteiger partial charge in [0.25, 0.3) is 0 Å². The molecule has 6 rings (SSSR count). The van der Waals surface area contributed by atoms with Crippen LogP contribution >= 0.6 is 23.2 Å². The minimum atomic E-state index is -0.00111. The van der Waals surface area contributed by atoms with Crippen LogP contribution < -0.4 is 4.90 Å². The number of halogens is 2. The Labute approximate surface area is 200 Å². The largest absolute Gasteiger partial charge is 0.462 e. The topological polar surface area (TPSA) is 45.3 Å². The number of nitrogens with zero attached hydrogens (tertiary/aromatic N) is 2. The first-order valence-corrected chi connectivity index (χ1v) is 12.9. The van der Waals surface area contributed by atoms with E-state index in [1.54, 1.807) is 0 Å². The Hall–Kier alpha value is -1.01. The van der Waals surface area contributed by atoms with Gasteiger partial charge in [-0.3, -0.25) is 9.69 Å². The summed E-state index contributed by atoms with van der Waals surface area (Å²) in [6.45, 7) is 7.87. The third-order valence-corrected chi connectivity index (χ3v) is 9.91. The van der Waals surface area contributed by atoms with E-state index in [0.717, 1.165) is 57.9 Å². The van der Waals surface area contributed by atoms with Gasteiger partial charge < -0.3 is 14.4 Å². The molecule has 2 saturated carbocycles. The van der Waals surface area contributed by atoms with E-state index in [1.165, 1.54) is 19.3 Å². The summed E-state index contributed by atoms with van der Waals surface area (Å²) in [5.74, 6) is 0.945. The molecule has 5 nitrogen and oxygen atoms in total. The van der Waals surface area contributed by atoms with Gasteiger partial charge in [-0.25, -0.2) is 0 Å². The second kappa shape index (κ2) is 7.76. The van der Waals surface area contributed by atoms with E-state index in [2.05, 4.69) is 16.7 Å². The first kappa shape index (κ1) is 21.5. The van der Waals surface area contributed by atoms with Gasteiger partial charge in [-0.1, -0.05) is 30.1 Å².